The van der Waals surface area contributed by atoms with Gasteiger partial charge in [0.15, 0.2) is 0 Å². The standard InChI is InChI=1S/C12H18O4Si/c1-14-9-6-7-11(15-2)10(8-9)12(13)16-17(3,4)5/h6-8H,1-5H3. The van der Waals surface area contributed by atoms with Crippen LogP contribution in [0.3, 0.4) is 0 Å². The Morgan fingerprint density at radius 1 is 1.12 bits per heavy atom. The van der Waals surface area contributed by atoms with E-state index in [1.165, 1.54) is 7.11 Å². The molecule has 0 amide bonds. The fourth-order valence-electron chi connectivity index (χ4n) is 1.31. The summed E-state index contributed by atoms with van der Waals surface area (Å²) in [7, 11) is 1.16. The third-order valence-electron chi connectivity index (χ3n) is 2.03. The molecule has 5 heteroatoms. The molecule has 0 heterocycles. The molecule has 1 aromatic carbocycles. The number of benzene rings is 1. The van der Waals surface area contributed by atoms with Gasteiger partial charge in [-0.1, -0.05) is 0 Å². The molecule has 94 valence electrons. The first-order valence-electron chi connectivity index (χ1n) is 5.33. The summed E-state index contributed by atoms with van der Waals surface area (Å²) >= 11 is 0. The fraction of sp³-hybridized carbons (Fsp3) is 0.417. The molecular weight excluding hydrogens is 236 g/mol. The van der Waals surface area contributed by atoms with Gasteiger partial charge in [-0.2, -0.15) is 0 Å². The highest BCUT2D eigenvalue weighted by Crippen LogP contribution is 2.25. The molecule has 0 aliphatic carbocycles. The summed E-state index contributed by atoms with van der Waals surface area (Å²) in [6.07, 6.45) is 0. The number of ether oxygens (including phenoxy) is 2. The Morgan fingerprint density at radius 2 is 1.76 bits per heavy atom. The molecule has 1 rings (SSSR count). The van der Waals surface area contributed by atoms with Crippen molar-refractivity contribution in [3.05, 3.63) is 23.8 Å². The smallest absolute Gasteiger partial charge is 0.328 e. The third kappa shape index (κ3) is 3.78. The molecule has 0 saturated heterocycles. The van der Waals surface area contributed by atoms with Crippen molar-refractivity contribution in [1.82, 2.24) is 0 Å². The Kier molecular flexibility index (Phi) is 4.17. The fourth-order valence-corrected chi connectivity index (χ4v) is 1.97. The first-order valence-corrected chi connectivity index (χ1v) is 8.73. The Morgan fingerprint density at radius 3 is 2.24 bits per heavy atom. The van der Waals surface area contributed by atoms with Crippen LogP contribution >= 0.6 is 0 Å². The number of hydrogen-bond acceptors (Lipinski definition) is 4. The Balaban J connectivity index is 3.05. The van der Waals surface area contributed by atoms with Crippen LogP contribution in [-0.4, -0.2) is 28.5 Å². The minimum absolute atomic E-state index is 0.361. The highest BCUT2D eigenvalue weighted by Gasteiger charge is 2.23. The van der Waals surface area contributed by atoms with E-state index in [0.29, 0.717) is 17.1 Å². The molecule has 0 radical (unpaired) electrons. The number of carbonyl (C=O) groups excluding carboxylic acids is 1. The van der Waals surface area contributed by atoms with Gasteiger partial charge in [-0.15, -0.1) is 0 Å². The zero-order valence-electron chi connectivity index (χ0n) is 10.9. The highest BCUT2D eigenvalue weighted by molar-refractivity contribution is 6.71. The summed E-state index contributed by atoms with van der Waals surface area (Å²) in [6, 6.07) is 5.06. The Bertz CT molecular complexity index is 409. The lowest BCUT2D eigenvalue weighted by Gasteiger charge is -2.18. The van der Waals surface area contributed by atoms with E-state index in [1.54, 1.807) is 25.3 Å². The number of rotatable bonds is 4. The van der Waals surface area contributed by atoms with E-state index in [-0.39, 0.29) is 5.97 Å². The predicted molar refractivity (Wildman–Crippen MR) is 68.3 cm³/mol. The minimum Gasteiger partial charge on any atom is -0.516 e. The van der Waals surface area contributed by atoms with E-state index in [0.717, 1.165) is 0 Å². The van der Waals surface area contributed by atoms with Crippen molar-refractivity contribution in [1.29, 1.82) is 0 Å². The molecule has 0 atom stereocenters. The maximum absolute atomic E-state index is 12.0. The highest BCUT2D eigenvalue weighted by atomic mass is 28.4. The molecule has 17 heavy (non-hydrogen) atoms. The second kappa shape index (κ2) is 5.22. The quantitative estimate of drug-likeness (QED) is 0.775. The lowest BCUT2D eigenvalue weighted by Crippen LogP contribution is -2.29. The summed E-state index contributed by atoms with van der Waals surface area (Å²) in [5, 5.41) is 0. The summed E-state index contributed by atoms with van der Waals surface area (Å²) in [5.41, 5.74) is 0.397. The van der Waals surface area contributed by atoms with E-state index < -0.39 is 8.32 Å². The van der Waals surface area contributed by atoms with Crippen LogP contribution in [0.4, 0.5) is 0 Å². The van der Waals surface area contributed by atoms with Gasteiger partial charge in [0.1, 0.15) is 17.1 Å². The van der Waals surface area contributed by atoms with Crippen LogP contribution in [0.15, 0.2) is 18.2 Å². The van der Waals surface area contributed by atoms with Gasteiger partial charge in [0.05, 0.1) is 14.2 Å². The molecule has 0 aliphatic rings. The van der Waals surface area contributed by atoms with E-state index in [2.05, 4.69) is 0 Å². The van der Waals surface area contributed by atoms with Crippen LogP contribution in [0.5, 0.6) is 11.5 Å². The second-order valence-electron chi connectivity index (χ2n) is 4.57. The van der Waals surface area contributed by atoms with Crippen molar-refractivity contribution < 1.29 is 18.7 Å². The molecule has 0 saturated carbocycles. The van der Waals surface area contributed by atoms with Crippen molar-refractivity contribution in [2.24, 2.45) is 0 Å². The Hall–Kier alpha value is -1.49. The average Bonchev–Trinajstić information content (AvgIpc) is 2.25. The lowest BCUT2D eigenvalue weighted by atomic mass is 10.2. The lowest BCUT2D eigenvalue weighted by molar-refractivity contribution is 0.0720. The molecule has 0 aliphatic heterocycles. The summed E-state index contributed by atoms with van der Waals surface area (Å²) in [5.74, 6) is 0.738. The van der Waals surface area contributed by atoms with E-state index in [1.807, 2.05) is 19.6 Å². The van der Waals surface area contributed by atoms with Crippen LogP contribution in [-0.2, 0) is 4.43 Å². The van der Waals surface area contributed by atoms with Crippen LogP contribution in [0.25, 0.3) is 0 Å². The number of methoxy groups -OCH3 is 2. The van der Waals surface area contributed by atoms with E-state index in [4.69, 9.17) is 13.9 Å². The molecule has 1 aromatic rings. The van der Waals surface area contributed by atoms with Gasteiger partial charge in [0, 0.05) is 0 Å². The van der Waals surface area contributed by atoms with Crippen molar-refractivity contribution in [3.8, 4) is 11.5 Å². The molecule has 0 spiro atoms. The van der Waals surface area contributed by atoms with E-state index in [9.17, 15) is 4.79 Å². The van der Waals surface area contributed by atoms with Crippen molar-refractivity contribution >= 4 is 14.3 Å². The summed E-state index contributed by atoms with van der Waals surface area (Å²) < 4.78 is 15.7. The van der Waals surface area contributed by atoms with Crippen LogP contribution in [0.2, 0.25) is 19.6 Å². The van der Waals surface area contributed by atoms with Crippen LogP contribution < -0.4 is 9.47 Å². The Labute approximate surface area is 103 Å². The average molecular weight is 254 g/mol. The first-order chi connectivity index (χ1) is 7.87. The molecule has 4 nitrogen and oxygen atoms in total. The summed E-state index contributed by atoms with van der Waals surface area (Å²) in [6.45, 7) is 5.87. The molecule has 0 bridgehead atoms. The molecule has 0 unspecified atom stereocenters. The topological polar surface area (TPSA) is 44.8 Å². The maximum Gasteiger partial charge on any atom is 0.328 e. The molecule has 0 aromatic heterocycles. The zero-order valence-corrected chi connectivity index (χ0v) is 11.9. The van der Waals surface area contributed by atoms with Gasteiger partial charge >= 0.3 is 5.97 Å². The second-order valence-corrected chi connectivity index (χ2v) is 9.00. The van der Waals surface area contributed by atoms with Crippen molar-refractivity contribution in [2.75, 3.05) is 14.2 Å². The minimum atomic E-state index is -1.91. The monoisotopic (exact) mass is 254 g/mol. The molecular formula is C12H18O4Si. The first kappa shape index (κ1) is 13.6. The van der Waals surface area contributed by atoms with Gasteiger partial charge in [-0.25, -0.2) is 4.79 Å². The SMILES string of the molecule is COc1ccc(OC)c(C(=O)O[Si](C)(C)C)c1. The van der Waals surface area contributed by atoms with Crippen LogP contribution in [0, 0.1) is 0 Å². The van der Waals surface area contributed by atoms with E-state index >= 15 is 0 Å². The maximum atomic E-state index is 12.0. The van der Waals surface area contributed by atoms with Crippen molar-refractivity contribution in [3.63, 3.8) is 0 Å². The normalized spacial score (nSPS) is 10.9. The summed E-state index contributed by atoms with van der Waals surface area (Å²) in [4.78, 5) is 12.0. The van der Waals surface area contributed by atoms with Crippen molar-refractivity contribution in [2.45, 2.75) is 19.6 Å². The predicted octanol–water partition coefficient (Wildman–Crippen LogP) is 2.70. The number of hydrogen-bond donors (Lipinski definition) is 0. The largest absolute Gasteiger partial charge is 0.516 e. The van der Waals surface area contributed by atoms with Gasteiger partial charge in [0.2, 0.25) is 8.32 Å². The van der Waals surface area contributed by atoms with Gasteiger partial charge < -0.3 is 13.9 Å². The third-order valence-corrected chi connectivity index (χ3v) is 2.82. The molecule has 0 N–H and O–H groups in total. The zero-order chi connectivity index (χ0) is 13.1. The number of carbonyl (C=O) groups is 1. The van der Waals surface area contributed by atoms with Gasteiger partial charge in [0.25, 0.3) is 0 Å². The van der Waals surface area contributed by atoms with Gasteiger partial charge in [-0.05, 0) is 37.8 Å². The molecule has 0 fully saturated rings. The van der Waals surface area contributed by atoms with Gasteiger partial charge in [-0.3, -0.25) is 0 Å². The van der Waals surface area contributed by atoms with Crippen LogP contribution in [0.1, 0.15) is 10.4 Å².